The Morgan fingerprint density at radius 1 is 1.16 bits per heavy atom. The van der Waals surface area contributed by atoms with Crippen LogP contribution in [0.2, 0.25) is 5.02 Å². The van der Waals surface area contributed by atoms with Crippen LogP contribution in [-0.4, -0.2) is 48.8 Å². The van der Waals surface area contributed by atoms with Gasteiger partial charge in [-0.15, -0.1) is 0 Å². The number of halogens is 1. The summed E-state index contributed by atoms with van der Waals surface area (Å²) in [5.41, 5.74) is 1.72. The molecule has 1 saturated heterocycles. The highest BCUT2D eigenvalue weighted by Gasteiger charge is 2.43. The van der Waals surface area contributed by atoms with E-state index in [0.717, 1.165) is 43.5 Å². The maximum atomic E-state index is 13.0. The molecule has 6 heteroatoms. The highest BCUT2D eigenvalue weighted by molar-refractivity contribution is 6.30. The Hall–Kier alpha value is -2.24. The first kappa shape index (κ1) is 23.4. The summed E-state index contributed by atoms with van der Waals surface area (Å²) in [7, 11) is 1.56. The molecule has 1 atom stereocenters. The number of rotatable bonds is 8. The normalized spacial score (nSPS) is 17.2. The number of likely N-dealkylation sites (tertiary alicyclic amines) is 1. The van der Waals surface area contributed by atoms with Crippen molar-refractivity contribution in [3.8, 4) is 11.5 Å². The number of piperidine rings is 1. The van der Waals surface area contributed by atoms with E-state index in [1.54, 1.807) is 13.2 Å². The summed E-state index contributed by atoms with van der Waals surface area (Å²) in [5.74, 6) is 0.548. The van der Waals surface area contributed by atoms with Gasteiger partial charge in [-0.2, -0.15) is 0 Å². The lowest BCUT2D eigenvalue weighted by Gasteiger charge is -2.42. The lowest BCUT2D eigenvalue weighted by atomic mass is 9.73. The number of benzene rings is 2. The highest BCUT2D eigenvalue weighted by Crippen LogP contribution is 2.38. The van der Waals surface area contributed by atoms with E-state index in [9.17, 15) is 9.90 Å². The molecule has 0 spiro atoms. The molecule has 168 valence electrons. The van der Waals surface area contributed by atoms with Gasteiger partial charge in [0.05, 0.1) is 19.1 Å². The third-order valence-corrected chi connectivity index (χ3v) is 6.57. The Bertz CT molecular complexity index is 876. The third-order valence-electron chi connectivity index (χ3n) is 6.32. The van der Waals surface area contributed by atoms with Crippen molar-refractivity contribution in [1.29, 1.82) is 0 Å². The van der Waals surface area contributed by atoms with Crippen LogP contribution in [0.5, 0.6) is 11.5 Å². The van der Waals surface area contributed by atoms with Gasteiger partial charge in [0.1, 0.15) is 0 Å². The molecule has 0 amide bonds. The number of carbonyl (C=O) groups excluding carboxylic acids is 1. The van der Waals surface area contributed by atoms with Gasteiger partial charge in [0.25, 0.3) is 0 Å². The Morgan fingerprint density at radius 3 is 2.42 bits per heavy atom. The van der Waals surface area contributed by atoms with Crippen molar-refractivity contribution >= 4 is 17.6 Å². The summed E-state index contributed by atoms with van der Waals surface area (Å²) < 4.78 is 10.7. The number of nitrogens with zero attached hydrogens (tertiary/aromatic N) is 1. The fourth-order valence-electron chi connectivity index (χ4n) is 4.44. The molecule has 5 nitrogen and oxygen atoms in total. The summed E-state index contributed by atoms with van der Waals surface area (Å²) in [6.07, 6.45) is 3.04. The highest BCUT2D eigenvalue weighted by atomic mass is 35.5. The molecule has 0 aromatic heterocycles. The minimum Gasteiger partial charge on any atom is -0.504 e. The number of phenolic OH excluding ortho intramolecular Hbond substituents is 1. The zero-order valence-electron chi connectivity index (χ0n) is 18.6. The van der Waals surface area contributed by atoms with Gasteiger partial charge in [-0.25, -0.2) is 0 Å². The van der Waals surface area contributed by atoms with E-state index in [-0.39, 0.29) is 11.7 Å². The van der Waals surface area contributed by atoms with Crippen molar-refractivity contribution in [1.82, 2.24) is 4.90 Å². The molecule has 0 aliphatic carbocycles. The number of hydrogen-bond donors (Lipinski definition) is 1. The van der Waals surface area contributed by atoms with Crippen LogP contribution in [0.3, 0.4) is 0 Å². The van der Waals surface area contributed by atoms with Gasteiger partial charge in [0, 0.05) is 11.1 Å². The van der Waals surface area contributed by atoms with Crippen molar-refractivity contribution in [2.45, 2.75) is 45.6 Å². The molecule has 31 heavy (non-hydrogen) atoms. The number of ether oxygens (including phenoxy) is 2. The van der Waals surface area contributed by atoms with E-state index >= 15 is 0 Å². The summed E-state index contributed by atoms with van der Waals surface area (Å²) in [4.78, 5) is 15.4. The topological polar surface area (TPSA) is 59.0 Å². The number of hydrogen-bond acceptors (Lipinski definition) is 5. The average molecular weight is 446 g/mol. The Labute approximate surface area is 189 Å². The molecule has 1 aliphatic heterocycles. The summed E-state index contributed by atoms with van der Waals surface area (Å²) >= 11 is 6.03. The molecule has 2 aromatic carbocycles. The molecule has 1 N–H and O–H groups in total. The SMILES string of the molecule is CCOC(=O)C1(Cc2ccc(Cl)cc2)CCN([C@@H](C)Cc2ccc(O)c(OC)c2)CC1. The molecule has 2 aromatic rings. The molecule has 3 rings (SSSR count). The molecular weight excluding hydrogens is 414 g/mol. The van der Waals surface area contributed by atoms with E-state index in [1.807, 2.05) is 43.3 Å². The van der Waals surface area contributed by atoms with E-state index in [1.165, 1.54) is 0 Å². The third kappa shape index (κ3) is 5.72. The van der Waals surface area contributed by atoms with Gasteiger partial charge in [0.15, 0.2) is 11.5 Å². The van der Waals surface area contributed by atoms with Gasteiger partial charge in [-0.3, -0.25) is 4.79 Å². The van der Waals surface area contributed by atoms with Crippen molar-refractivity contribution < 1.29 is 19.4 Å². The fraction of sp³-hybridized carbons (Fsp3) is 0.480. The first-order valence-corrected chi connectivity index (χ1v) is 11.3. The van der Waals surface area contributed by atoms with Crippen LogP contribution in [0.4, 0.5) is 0 Å². The number of aromatic hydroxyl groups is 1. The first-order chi connectivity index (χ1) is 14.9. The zero-order chi connectivity index (χ0) is 22.4. The Kier molecular flexibility index (Phi) is 7.84. The van der Waals surface area contributed by atoms with Crippen LogP contribution in [0.15, 0.2) is 42.5 Å². The van der Waals surface area contributed by atoms with Crippen molar-refractivity contribution in [3.63, 3.8) is 0 Å². The van der Waals surface area contributed by atoms with E-state index in [0.29, 0.717) is 29.8 Å². The van der Waals surface area contributed by atoms with Crippen LogP contribution in [0.1, 0.15) is 37.8 Å². The summed E-state index contributed by atoms with van der Waals surface area (Å²) in [6, 6.07) is 13.5. The van der Waals surface area contributed by atoms with Crippen LogP contribution in [0.25, 0.3) is 0 Å². The monoisotopic (exact) mass is 445 g/mol. The van der Waals surface area contributed by atoms with Crippen LogP contribution < -0.4 is 4.74 Å². The number of phenols is 1. The van der Waals surface area contributed by atoms with Gasteiger partial charge in [-0.1, -0.05) is 29.8 Å². The Morgan fingerprint density at radius 2 is 1.81 bits per heavy atom. The predicted octanol–water partition coefficient (Wildman–Crippen LogP) is 4.87. The fourth-order valence-corrected chi connectivity index (χ4v) is 4.57. The molecule has 0 radical (unpaired) electrons. The zero-order valence-corrected chi connectivity index (χ0v) is 19.3. The second-order valence-corrected chi connectivity index (χ2v) is 8.84. The van der Waals surface area contributed by atoms with E-state index < -0.39 is 5.41 Å². The van der Waals surface area contributed by atoms with Crippen molar-refractivity contribution in [2.75, 3.05) is 26.8 Å². The van der Waals surface area contributed by atoms with Crippen molar-refractivity contribution in [2.24, 2.45) is 5.41 Å². The van der Waals surface area contributed by atoms with Gasteiger partial charge < -0.3 is 19.5 Å². The maximum absolute atomic E-state index is 13.0. The lowest BCUT2D eigenvalue weighted by molar-refractivity contribution is -0.159. The first-order valence-electron chi connectivity index (χ1n) is 10.9. The van der Waals surface area contributed by atoms with E-state index in [4.69, 9.17) is 21.1 Å². The maximum Gasteiger partial charge on any atom is 0.312 e. The lowest BCUT2D eigenvalue weighted by Crippen LogP contribution is -2.49. The molecule has 1 fully saturated rings. The second kappa shape index (κ2) is 10.4. The van der Waals surface area contributed by atoms with Crippen LogP contribution in [0, 0.1) is 5.41 Å². The molecular formula is C25H32ClNO4. The Balaban J connectivity index is 1.68. The molecule has 1 heterocycles. The second-order valence-electron chi connectivity index (χ2n) is 8.40. The minimum atomic E-state index is -0.498. The number of methoxy groups -OCH3 is 1. The predicted molar refractivity (Wildman–Crippen MR) is 123 cm³/mol. The molecule has 1 aliphatic rings. The van der Waals surface area contributed by atoms with Crippen LogP contribution in [-0.2, 0) is 22.4 Å². The summed E-state index contributed by atoms with van der Waals surface area (Å²) in [6.45, 7) is 6.13. The molecule has 0 unspecified atom stereocenters. The van der Waals surface area contributed by atoms with Gasteiger partial charge in [0.2, 0.25) is 0 Å². The number of esters is 1. The minimum absolute atomic E-state index is 0.0967. The average Bonchev–Trinajstić information content (AvgIpc) is 2.77. The summed E-state index contributed by atoms with van der Waals surface area (Å²) in [5, 5.41) is 10.5. The van der Waals surface area contributed by atoms with Gasteiger partial charge >= 0.3 is 5.97 Å². The standard InChI is InChI=1S/C25H32ClNO4/c1-4-31-24(29)25(17-19-5-8-21(26)9-6-19)11-13-27(14-12-25)18(2)15-20-7-10-22(28)23(16-20)30-3/h5-10,16,18,28H,4,11-15,17H2,1-3H3/t18-/m0/s1. The largest absolute Gasteiger partial charge is 0.504 e. The van der Waals surface area contributed by atoms with Crippen molar-refractivity contribution in [3.05, 3.63) is 58.6 Å². The van der Waals surface area contributed by atoms with Crippen LogP contribution >= 0.6 is 11.6 Å². The molecule has 0 bridgehead atoms. The van der Waals surface area contributed by atoms with E-state index in [2.05, 4.69) is 11.8 Å². The van der Waals surface area contributed by atoms with Gasteiger partial charge in [-0.05, 0) is 88.0 Å². The quantitative estimate of drug-likeness (QED) is 0.587. The number of carbonyl (C=O) groups is 1. The molecule has 0 saturated carbocycles. The smallest absolute Gasteiger partial charge is 0.312 e.